The Balaban J connectivity index is 1.64. The SMILES string of the molecule is CCC(C)(C)c1ccc(OCNC(=O)Nc2cccc(S(=O)(=O)Nc3ccc(NNC=O)cc3)c2)c(C(C)(C)CC)c1. The molecule has 3 rings (SSSR count). The second-order valence-corrected chi connectivity index (χ2v) is 12.9. The maximum atomic E-state index is 12.9. The first-order valence-corrected chi connectivity index (χ1v) is 15.3. The molecule has 3 amide bonds. The van der Waals surface area contributed by atoms with Gasteiger partial charge in [-0.15, -0.1) is 0 Å². The summed E-state index contributed by atoms with van der Waals surface area (Å²) in [6.07, 6.45) is 2.41. The molecule has 0 heterocycles. The Labute approximate surface area is 248 Å². The smallest absolute Gasteiger partial charge is 0.321 e. The highest BCUT2D eigenvalue weighted by atomic mass is 32.2. The second-order valence-electron chi connectivity index (χ2n) is 11.2. The summed E-state index contributed by atoms with van der Waals surface area (Å²) in [5, 5.41) is 5.34. The molecule has 42 heavy (non-hydrogen) atoms. The monoisotopic (exact) mass is 595 g/mol. The molecule has 5 N–H and O–H groups in total. The number of nitrogens with one attached hydrogen (secondary N) is 5. The van der Waals surface area contributed by atoms with E-state index >= 15 is 0 Å². The summed E-state index contributed by atoms with van der Waals surface area (Å²) in [7, 11) is -3.93. The fourth-order valence-electron chi connectivity index (χ4n) is 4.04. The van der Waals surface area contributed by atoms with E-state index in [0.717, 1.165) is 18.4 Å². The fraction of sp³-hybridized carbons (Fsp3) is 0.355. The van der Waals surface area contributed by atoms with Crippen molar-refractivity contribution in [2.24, 2.45) is 0 Å². The minimum absolute atomic E-state index is 0.0251. The summed E-state index contributed by atoms with van der Waals surface area (Å²) < 4.78 is 34.4. The number of rotatable bonds is 14. The van der Waals surface area contributed by atoms with Crippen molar-refractivity contribution in [3.05, 3.63) is 77.9 Å². The minimum atomic E-state index is -3.93. The van der Waals surface area contributed by atoms with Crippen LogP contribution in [0.5, 0.6) is 5.75 Å². The molecule has 3 aromatic rings. The molecule has 10 nitrogen and oxygen atoms in total. The number of amides is 3. The summed E-state index contributed by atoms with van der Waals surface area (Å²) >= 11 is 0. The lowest BCUT2D eigenvalue weighted by Gasteiger charge is -2.30. The van der Waals surface area contributed by atoms with Gasteiger partial charge in [-0.1, -0.05) is 59.7 Å². The Kier molecular flexibility index (Phi) is 10.5. The highest BCUT2D eigenvalue weighted by molar-refractivity contribution is 7.92. The Hall–Kier alpha value is -4.25. The van der Waals surface area contributed by atoms with Crippen molar-refractivity contribution in [3.8, 4) is 5.75 Å². The molecular formula is C31H41N5O5S. The van der Waals surface area contributed by atoms with E-state index in [-0.39, 0.29) is 22.5 Å². The molecule has 226 valence electrons. The van der Waals surface area contributed by atoms with Gasteiger partial charge in [0.05, 0.1) is 10.6 Å². The van der Waals surface area contributed by atoms with Crippen LogP contribution in [0.4, 0.5) is 21.9 Å². The summed E-state index contributed by atoms with van der Waals surface area (Å²) in [6.45, 7) is 13.0. The van der Waals surface area contributed by atoms with Crippen molar-refractivity contribution >= 4 is 39.5 Å². The van der Waals surface area contributed by atoms with E-state index in [4.69, 9.17) is 4.74 Å². The molecule has 11 heteroatoms. The maximum absolute atomic E-state index is 12.9. The van der Waals surface area contributed by atoms with Gasteiger partial charge in [-0.3, -0.25) is 20.4 Å². The quantitative estimate of drug-likeness (QED) is 0.0868. The number of carbonyl (C=O) groups excluding carboxylic acids is 2. The molecule has 0 saturated heterocycles. The predicted octanol–water partition coefficient (Wildman–Crippen LogP) is 6.09. The highest BCUT2D eigenvalue weighted by Crippen LogP contribution is 2.38. The standard InChI is InChI=1S/C31H41N5O5S/c1-7-30(3,4)22-12-17-28(27(18-22)31(5,6)8-2)41-21-32-29(38)34-25-10-9-11-26(19-25)42(39,40)36-24-15-13-23(14-16-24)35-33-20-37/h9-20,35-36H,7-8,21H2,1-6H3,(H,33,37)(H2,32,34,38). The van der Waals surface area contributed by atoms with E-state index in [1.165, 1.54) is 23.8 Å². The average molecular weight is 596 g/mol. The largest absolute Gasteiger partial charge is 0.473 e. The molecular weight excluding hydrogens is 554 g/mol. The molecule has 0 aliphatic carbocycles. The van der Waals surface area contributed by atoms with Crippen LogP contribution in [0.2, 0.25) is 0 Å². The van der Waals surface area contributed by atoms with Gasteiger partial charge in [0.15, 0.2) is 6.73 Å². The lowest BCUT2D eigenvalue weighted by molar-refractivity contribution is -0.109. The van der Waals surface area contributed by atoms with Crippen LogP contribution < -0.4 is 30.9 Å². The predicted molar refractivity (Wildman–Crippen MR) is 167 cm³/mol. The molecule has 0 aliphatic heterocycles. The molecule has 3 aromatic carbocycles. The molecule has 0 atom stereocenters. The first-order valence-electron chi connectivity index (χ1n) is 13.8. The van der Waals surface area contributed by atoms with Crippen LogP contribution in [0.3, 0.4) is 0 Å². The molecule has 0 fully saturated rings. The molecule has 0 radical (unpaired) electrons. The van der Waals surface area contributed by atoms with Gasteiger partial charge in [0.1, 0.15) is 5.75 Å². The van der Waals surface area contributed by atoms with Crippen LogP contribution in [-0.2, 0) is 25.6 Å². The van der Waals surface area contributed by atoms with Crippen molar-refractivity contribution in [2.75, 3.05) is 22.2 Å². The Morgan fingerprint density at radius 2 is 1.52 bits per heavy atom. The number of sulfonamides is 1. The van der Waals surface area contributed by atoms with Crippen molar-refractivity contribution in [1.29, 1.82) is 0 Å². The summed E-state index contributed by atoms with van der Waals surface area (Å²) in [5.74, 6) is 0.709. The van der Waals surface area contributed by atoms with E-state index in [0.29, 0.717) is 29.2 Å². The number of ether oxygens (including phenoxy) is 1. The first kappa shape index (κ1) is 32.3. The zero-order valence-corrected chi connectivity index (χ0v) is 25.8. The van der Waals surface area contributed by atoms with E-state index < -0.39 is 16.1 Å². The Morgan fingerprint density at radius 3 is 2.17 bits per heavy atom. The maximum Gasteiger partial charge on any atom is 0.321 e. The number of hydrogen-bond donors (Lipinski definition) is 5. The molecule has 0 aromatic heterocycles. The van der Waals surface area contributed by atoms with Crippen LogP contribution in [-0.4, -0.2) is 27.6 Å². The van der Waals surface area contributed by atoms with Crippen molar-refractivity contribution in [3.63, 3.8) is 0 Å². The third-order valence-electron chi connectivity index (χ3n) is 7.53. The number of carbonyl (C=O) groups is 2. The molecule has 0 saturated carbocycles. The van der Waals surface area contributed by atoms with Crippen LogP contribution >= 0.6 is 0 Å². The lowest BCUT2D eigenvalue weighted by Crippen LogP contribution is -2.32. The summed E-state index contributed by atoms with van der Waals surface area (Å²) in [6, 6.07) is 17.9. The zero-order chi connectivity index (χ0) is 31.0. The lowest BCUT2D eigenvalue weighted by atomic mass is 9.76. The van der Waals surface area contributed by atoms with Crippen LogP contribution in [0, 0.1) is 0 Å². The molecule has 0 bridgehead atoms. The van der Waals surface area contributed by atoms with Crippen LogP contribution in [0.15, 0.2) is 71.6 Å². The number of anilines is 3. The third kappa shape index (κ3) is 8.39. The van der Waals surface area contributed by atoms with Gasteiger partial charge in [-0.2, -0.15) is 0 Å². The number of hydrogen-bond acceptors (Lipinski definition) is 6. The average Bonchev–Trinajstić information content (AvgIpc) is 2.96. The Bertz CT molecular complexity index is 1490. The topological polar surface area (TPSA) is 138 Å². The second kappa shape index (κ2) is 13.6. The van der Waals surface area contributed by atoms with E-state index in [9.17, 15) is 18.0 Å². The van der Waals surface area contributed by atoms with Gasteiger partial charge >= 0.3 is 6.03 Å². The van der Waals surface area contributed by atoms with Gasteiger partial charge in [-0.25, -0.2) is 13.2 Å². The summed E-state index contributed by atoms with van der Waals surface area (Å²) in [4.78, 5) is 23.0. The van der Waals surface area contributed by atoms with Gasteiger partial charge in [0, 0.05) is 16.9 Å². The van der Waals surface area contributed by atoms with Crippen LogP contribution in [0.1, 0.15) is 65.5 Å². The van der Waals surface area contributed by atoms with Gasteiger partial charge < -0.3 is 15.4 Å². The third-order valence-corrected chi connectivity index (χ3v) is 8.91. The normalized spacial score (nSPS) is 11.8. The van der Waals surface area contributed by atoms with E-state index in [2.05, 4.69) is 79.9 Å². The number of hydrazine groups is 1. The number of urea groups is 1. The summed E-state index contributed by atoms with van der Waals surface area (Å²) in [5.41, 5.74) is 8.38. The molecule has 0 unspecified atom stereocenters. The van der Waals surface area contributed by atoms with Crippen molar-refractivity contribution in [1.82, 2.24) is 10.7 Å². The van der Waals surface area contributed by atoms with Crippen molar-refractivity contribution in [2.45, 2.75) is 70.1 Å². The van der Waals surface area contributed by atoms with Crippen molar-refractivity contribution < 1.29 is 22.7 Å². The Morgan fingerprint density at radius 1 is 0.857 bits per heavy atom. The highest BCUT2D eigenvalue weighted by Gasteiger charge is 2.26. The molecule has 0 spiro atoms. The van der Waals surface area contributed by atoms with Crippen LogP contribution in [0.25, 0.3) is 0 Å². The van der Waals surface area contributed by atoms with Gasteiger partial charge in [0.25, 0.3) is 10.0 Å². The zero-order valence-electron chi connectivity index (χ0n) is 25.0. The van der Waals surface area contributed by atoms with Gasteiger partial charge in [0.2, 0.25) is 6.41 Å². The molecule has 0 aliphatic rings. The van der Waals surface area contributed by atoms with E-state index in [1.54, 1.807) is 30.3 Å². The van der Waals surface area contributed by atoms with E-state index in [1.807, 2.05) is 6.07 Å². The fourth-order valence-corrected chi connectivity index (χ4v) is 5.15. The minimum Gasteiger partial charge on any atom is -0.473 e. The number of benzene rings is 3. The van der Waals surface area contributed by atoms with Gasteiger partial charge in [-0.05, 0) is 77.8 Å². The first-order chi connectivity index (χ1) is 19.8.